The predicted octanol–water partition coefficient (Wildman–Crippen LogP) is 4.74. The average molecular weight is 457 g/mol. The molecule has 33 heavy (non-hydrogen) atoms. The number of unbranched alkanes of at least 4 members (excludes halogenated alkanes) is 1. The number of benzene rings is 1. The van der Waals surface area contributed by atoms with Crippen LogP contribution in [0.25, 0.3) is 6.08 Å². The van der Waals surface area contributed by atoms with Crippen LogP contribution < -0.4 is 9.47 Å². The van der Waals surface area contributed by atoms with Gasteiger partial charge in [-0.25, -0.2) is 4.79 Å². The maximum atomic E-state index is 12.2. The Kier molecular flexibility index (Phi) is 12.1. The second-order valence-electron chi connectivity index (χ2n) is 6.43. The monoisotopic (exact) mass is 457 g/mol. The second-order valence-corrected chi connectivity index (χ2v) is 6.43. The Morgan fingerprint density at radius 3 is 2.58 bits per heavy atom. The van der Waals surface area contributed by atoms with Gasteiger partial charge in [-0.1, -0.05) is 24.8 Å². The topological polar surface area (TPSA) is 114 Å². The molecular formula is C24H27NO8. The number of ether oxygens (including phenoxy) is 3. The summed E-state index contributed by atoms with van der Waals surface area (Å²) in [6, 6.07) is 4.83. The zero-order valence-electron chi connectivity index (χ0n) is 18.7. The Bertz CT molecular complexity index is 959. The van der Waals surface area contributed by atoms with E-state index in [0.29, 0.717) is 23.3 Å². The van der Waals surface area contributed by atoms with E-state index >= 15 is 0 Å². The fourth-order valence-corrected chi connectivity index (χ4v) is 2.39. The van der Waals surface area contributed by atoms with Crippen LogP contribution in [-0.2, 0) is 19.2 Å². The highest BCUT2D eigenvalue weighted by Gasteiger charge is 2.11. The molecule has 0 amide bonds. The number of carbonyl (C=O) groups is 2. The van der Waals surface area contributed by atoms with E-state index in [0.717, 1.165) is 6.42 Å². The summed E-state index contributed by atoms with van der Waals surface area (Å²) < 4.78 is 15.8. The van der Waals surface area contributed by atoms with Crippen molar-refractivity contribution in [2.45, 2.75) is 26.2 Å². The number of carbonyl (C=O) groups excluding carboxylic acids is 2. The molecule has 1 rings (SSSR count). The fraction of sp³-hybridized carbons (Fsp3) is 0.250. The smallest absolute Gasteiger partial charge is 0.336 e. The third-order valence-corrected chi connectivity index (χ3v) is 4.04. The highest BCUT2D eigenvalue weighted by molar-refractivity contribution is 5.88. The van der Waals surface area contributed by atoms with Gasteiger partial charge >= 0.3 is 11.9 Å². The SMILES string of the molecule is C=CCCCC(=O)Oc1ccc(/C=C/C(=O)OC(/C=C(\C=C)CO[N+](=O)[O-])=C/C)cc1OC. The summed E-state index contributed by atoms with van der Waals surface area (Å²) in [6.45, 7) is 8.46. The molecule has 0 radical (unpaired) electrons. The Morgan fingerprint density at radius 2 is 1.97 bits per heavy atom. The number of methoxy groups -OCH3 is 1. The van der Waals surface area contributed by atoms with Gasteiger partial charge in [0.25, 0.3) is 5.09 Å². The maximum absolute atomic E-state index is 12.2. The predicted molar refractivity (Wildman–Crippen MR) is 123 cm³/mol. The molecule has 0 atom stereocenters. The molecule has 0 saturated carbocycles. The first-order chi connectivity index (χ1) is 15.8. The minimum Gasteiger partial charge on any atom is -0.493 e. The quantitative estimate of drug-likeness (QED) is 0.0453. The van der Waals surface area contributed by atoms with Crippen molar-refractivity contribution in [1.82, 2.24) is 0 Å². The molecule has 0 aliphatic heterocycles. The van der Waals surface area contributed by atoms with E-state index in [1.54, 1.807) is 31.2 Å². The lowest BCUT2D eigenvalue weighted by Gasteiger charge is -2.10. The molecule has 0 aliphatic rings. The van der Waals surface area contributed by atoms with Crippen LogP contribution in [0.3, 0.4) is 0 Å². The van der Waals surface area contributed by atoms with Crippen molar-refractivity contribution in [3.63, 3.8) is 0 Å². The average Bonchev–Trinajstić information content (AvgIpc) is 2.80. The molecule has 176 valence electrons. The van der Waals surface area contributed by atoms with Crippen molar-refractivity contribution < 1.29 is 33.7 Å². The summed E-state index contributed by atoms with van der Waals surface area (Å²) in [5.74, 6) is -0.272. The van der Waals surface area contributed by atoms with Crippen LogP contribution in [0.1, 0.15) is 31.7 Å². The molecule has 1 aromatic carbocycles. The molecule has 9 heteroatoms. The standard InChI is InChI=1S/C24H27NO8/c1-5-8-9-10-23(26)33-21-13-11-19(16-22(21)30-4)12-14-24(27)32-20(7-3)15-18(6-2)17-31-25(28)29/h5-7,11-16H,1-2,8-10,17H2,3-4H3/b14-12+,18-15+,20-7+. The van der Waals surface area contributed by atoms with Gasteiger partial charge in [0, 0.05) is 12.5 Å². The number of rotatable bonds is 14. The highest BCUT2D eigenvalue weighted by Crippen LogP contribution is 2.29. The van der Waals surface area contributed by atoms with E-state index in [1.807, 2.05) is 0 Å². The van der Waals surface area contributed by atoms with Crippen LogP contribution in [0, 0.1) is 10.1 Å². The fourth-order valence-electron chi connectivity index (χ4n) is 2.39. The minimum atomic E-state index is -0.926. The lowest BCUT2D eigenvalue weighted by atomic mass is 10.2. The van der Waals surface area contributed by atoms with Crippen LogP contribution >= 0.6 is 0 Å². The largest absolute Gasteiger partial charge is 0.493 e. The number of allylic oxidation sites excluding steroid dienone is 3. The summed E-state index contributed by atoms with van der Waals surface area (Å²) in [6.07, 6.45) is 10.3. The first-order valence-electron chi connectivity index (χ1n) is 9.99. The van der Waals surface area contributed by atoms with E-state index in [4.69, 9.17) is 14.2 Å². The molecule has 1 aromatic rings. The number of hydrogen-bond acceptors (Lipinski definition) is 8. The van der Waals surface area contributed by atoms with Crippen molar-refractivity contribution in [2.75, 3.05) is 13.7 Å². The van der Waals surface area contributed by atoms with Gasteiger partial charge in [0.2, 0.25) is 0 Å². The van der Waals surface area contributed by atoms with Crippen LogP contribution in [-0.4, -0.2) is 30.7 Å². The Labute approximate surface area is 192 Å². The third kappa shape index (κ3) is 10.6. The first kappa shape index (κ1) is 26.9. The van der Waals surface area contributed by atoms with E-state index in [2.05, 4.69) is 18.0 Å². The van der Waals surface area contributed by atoms with Gasteiger partial charge in [-0.3, -0.25) is 4.79 Å². The van der Waals surface area contributed by atoms with Gasteiger partial charge in [0.15, 0.2) is 11.5 Å². The molecule has 9 nitrogen and oxygen atoms in total. The molecule has 0 unspecified atom stereocenters. The summed E-state index contributed by atoms with van der Waals surface area (Å²) in [7, 11) is 1.44. The van der Waals surface area contributed by atoms with Gasteiger partial charge in [0.05, 0.1) is 7.11 Å². The van der Waals surface area contributed by atoms with Crippen LogP contribution in [0.5, 0.6) is 11.5 Å². The molecule has 0 spiro atoms. The molecule has 0 heterocycles. The zero-order valence-corrected chi connectivity index (χ0v) is 18.7. The van der Waals surface area contributed by atoms with Crippen LogP contribution in [0.15, 0.2) is 73.1 Å². The van der Waals surface area contributed by atoms with E-state index in [-0.39, 0.29) is 30.5 Å². The zero-order chi connectivity index (χ0) is 24.6. The lowest BCUT2D eigenvalue weighted by Crippen LogP contribution is -2.08. The van der Waals surface area contributed by atoms with Gasteiger partial charge in [-0.2, -0.15) is 0 Å². The van der Waals surface area contributed by atoms with E-state index < -0.39 is 11.1 Å². The Morgan fingerprint density at radius 1 is 1.21 bits per heavy atom. The van der Waals surface area contributed by atoms with Gasteiger partial charge in [-0.05, 0) is 61.3 Å². The summed E-state index contributed by atoms with van der Waals surface area (Å²) in [4.78, 5) is 38.7. The van der Waals surface area contributed by atoms with E-state index in [1.165, 1.54) is 37.5 Å². The molecule has 0 aliphatic carbocycles. The molecule has 0 bridgehead atoms. The van der Waals surface area contributed by atoms with Gasteiger partial charge in [-0.15, -0.1) is 16.7 Å². The second kappa shape index (κ2) is 14.8. The molecule has 0 N–H and O–H groups in total. The van der Waals surface area contributed by atoms with Crippen molar-refractivity contribution in [3.8, 4) is 11.5 Å². The minimum absolute atomic E-state index is 0.169. The van der Waals surface area contributed by atoms with Crippen molar-refractivity contribution in [2.24, 2.45) is 0 Å². The molecule has 0 aromatic heterocycles. The van der Waals surface area contributed by atoms with Crippen molar-refractivity contribution in [1.29, 1.82) is 0 Å². The summed E-state index contributed by atoms with van der Waals surface area (Å²) >= 11 is 0. The van der Waals surface area contributed by atoms with Gasteiger partial charge in [0.1, 0.15) is 12.4 Å². The first-order valence-corrected chi connectivity index (χ1v) is 9.99. The number of esters is 2. The lowest BCUT2D eigenvalue weighted by molar-refractivity contribution is -0.755. The summed E-state index contributed by atoms with van der Waals surface area (Å²) in [5, 5.41) is 9.40. The van der Waals surface area contributed by atoms with Crippen molar-refractivity contribution >= 4 is 18.0 Å². The Hall–Kier alpha value is -4.14. The van der Waals surface area contributed by atoms with Crippen molar-refractivity contribution in [3.05, 3.63) is 88.7 Å². The number of hydrogen-bond donors (Lipinski definition) is 0. The van der Waals surface area contributed by atoms with E-state index in [9.17, 15) is 19.7 Å². The highest BCUT2D eigenvalue weighted by atomic mass is 16.9. The third-order valence-electron chi connectivity index (χ3n) is 4.04. The molecule has 0 fully saturated rings. The Balaban J connectivity index is 2.80. The summed E-state index contributed by atoms with van der Waals surface area (Å²) in [5.41, 5.74) is 0.968. The van der Waals surface area contributed by atoms with Crippen LogP contribution in [0.2, 0.25) is 0 Å². The van der Waals surface area contributed by atoms with Gasteiger partial charge < -0.3 is 19.0 Å². The normalized spacial score (nSPS) is 11.6. The number of nitrogens with zero attached hydrogens (tertiary/aromatic N) is 1. The van der Waals surface area contributed by atoms with Crippen LogP contribution in [0.4, 0.5) is 0 Å². The molecular weight excluding hydrogens is 430 g/mol. The molecule has 0 saturated heterocycles. The maximum Gasteiger partial charge on any atom is 0.336 e.